The number of benzene rings is 2. The molecule has 1 nitrogen and oxygen atoms in total. The second-order valence-electron chi connectivity index (χ2n) is 4.08. The Morgan fingerprint density at radius 2 is 1.74 bits per heavy atom. The van der Waals surface area contributed by atoms with E-state index < -0.39 is 17.7 Å². The lowest BCUT2D eigenvalue weighted by atomic mass is 10.0. The van der Waals surface area contributed by atoms with E-state index >= 15 is 0 Å². The van der Waals surface area contributed by atoms with Crippen LogP contribution in [0.25, 0.3) is 0 Å². The summed E-state index contributed by atoms with van der Waals surface area (Å²) in [5.74, 6) is -0.994. The number of rotatable bonds is 3. The van der Waals surface area contributed by atoms with Gasteiger partial charge in [0.05, 0.1) is 15.6 Å². The number of halogens is 4. The van der Waals surface area contributed by atoms with Gasteiger partial charge in [-0.2, -0.15) is 0 Å². The van der Waals surface area contributed by atoms with Crippen molar-refractivity contribution in [1.29, 1.82) is 0 Å². The maximum Gasteiger partial charge on any atom is 0.142 e. The highest BCUT2D eigenvalue weighted by molar-refractivity contribution is 9.10. The van der Waals surface area contributed by atoms with Gasteiger partial charge in [0.1, 0.15) is 11.6 Å². The van der Waals surface area contributed by atoms with Crippen LogP contribution < -0.4 is 0 Å². The van der Waals surface area contributed by atoms with Gasteiger partial charge in [0.25, 0.3) is 0 Å². The van der Waals surface area contributed by atoms with Gasteiger partial charge < -0.3 is 5.11 Å². The summed E-state index contributed by atoms with van der Waals surface area (Å²) in [6, 6.07) is 8.79. The van der Waals surface area contributed by atoms with E-state index in [4.69, 9.17) is 11.6 Å². The molecule has 0 aliphatic rings. The highest BCUT2D eigenvalue weighted by atomic mass is 79.9. The lowest BCUT2D eigenvalue weighted by molar-refractivity contribution is 0.177. The Labute approximate surface area is 123 Å². The zero-order valence-corrected chi connectivity index (χ0v) is 12.0. The summed E-state index contributed by atoms with van der Waals surface area (Å²) in [5, 5.41) is 10.1. The van der Waals surface area contributed by atoms with Crippen molar-refractivity contribution in [1.82, 2.24) is 0 Å². The summed E-state index contributed by atoms with van der Waals surface area (Å²) >= 11 is 8.91. The summed E-state index contributed by atoms with van der Waals surface area (Å²) in [7, 11) is 0. The van der Waals surface area contributed by atoms with Crippen LogP contribution in [0.2, 0.25) is 5.02 Å². The number of aliphatic hydroxyl groups is 1. The van der Waals surface area contributed by atoms with Gasteiger partial charge in [0.2, 0.25) is 0 Å². The summed E-state index contributed by atoms with van der Waals surface area (Å²) in [6.45, 7) is 0. The average molecular weight is 348 g/mol. The van der Waals surface area contributed by atoms with Crippen LogP contribution in [-0.4, -0.2) is 5.11 Å². The Hall–Kier alpha value is -0.970. The first-order valence-corrected chi connectivity index (χ1v) is 6.72. The molecular weight excluding hydrogens is 338 g/mol. The van der Waals surface area contributed by atoms with Crippen molar-refractivity contribution in [2.24, 2.45) is 0 Å². The van der Waals surface area contributed by atoms with Crippen LogP contribution in [-0.2, 0) is 6.42 Å². The zero-order valence-electron chi connectivity index (χ0n) is 9.71. The Morgan fingerprint density at radius 3 is 2.47 bits per heavy atom. The molecule has 0 spiro atoms. The van der Waals surface area contributed by atoms with Crippen LogP contribution in [0.15, 0.2) is 40.9 Å². The van der Waals surface area contributed by atoms with Crippen LogP contribution in [0.3, 0.4) is 0 Å². The maximum atomic E-state index is 13.4. The molecule has 0 saturated carbocycles. The van der Waals surface area contributed by atoms with E-state index in [2.05, 4.69) is 15.9 Å². The van der Waals surface area contributed by atoms with Gasteiger partial charge in [-0.15, -0.1) is 0 Å². The van der Waals surface area contributed by atoms with Gasteiger partial charge >= 0.3 is 0 Å². The third-order valence-electron chi connectivity index (χ3n) is 2.79. The predicted octanol–water partition coefficient (Wildman–Crippen LogP) is 4.66. The van der Waals surface area contributed by atoms with E-state index in [0.29, 0.717) is 11.1 Å². The Morgan fingerprint density at radius 1 is 1.11 bits per heavy atom. The third-order valence-corrected chi connectivity index (χ3v) is 4.05. The van der Waals surface area contributed by atoms with Gasteiger partial charge in [0.15, 0.2) is 0 Å². The molecule has 0 aromatic heterocycles. The molecule has 0 saturated heterocycles. The average Bonchev–Trinajstić information content (AvgIpc) is 2.38. The molecule has 0 amide bonds. The van der Waals surface area contributed by atoms with Gasteiger partial charge in [-0.25, -0.2) is 8.78 Å². The van der Waals surface area contributed by atoms with Crippen molar-refractivity contribution >= 4 is 27.5 Å². The zero-order chi connectivity index (χ0) is 14.0. The first-order valence-electron chi connectivity index (χ1n) is 5.55. The number of hydrogen-bond acceptors (Lipinski definition) is 1. The van der Waals surface area contributed by atoms with E-state index in [1.54, 1.807) is 12.1 Å². The molecule has 100 valence electrons. The monoisotopic (exact) mass is 346 g/mol. The van der Waals surface area contributed by atoms with E-state index in [1.807, 2.05) is 0 Å². The normalized spacial score (nSPS) is 12.5. The van der Waals surface area contributed by atoms with Crippen LogP contribution in [0.4, 0.5) is 8.78 Å². The molecule has 0 radical (unpaired) electrons. The van der Waals surface area contributed by atoms with Crippen molar-refractivity contribution in [3.8, 4) is 0 Å². The fourth-order valence-electron chi connectivity index (χ4n) is 1.80. The summed E-state index contributed by atoms with van der Waals surface area (Å²) < 4.78 is 26.9. The quantitative estimate of drug-likeness (QED) is 0.856. The molecule has 0 fully saturated rings. The van der Waals surface area contributed by atoms with Gasteiger partial charge in [-0.05, 0) is 39.2 Å². The van der Waals surface area contributed by atoms with Crippen molar-refractivity contribution < 1.29 is 13.9 Å². The van der Waals surface area contributed by atoms with Crippen molar-refractivity contribution in [2.45, 2.75) is 12.5 Å². The van der Waals surface area contributed by atoms with Crippen LogP contribution in [0.1, 0.15) is 17.2 Å². The van der Waals surface area contributed by atoms with Crippen LogP contribution >= 0.6 is 27.5 Å². The van der Waals surface area contributed by atoms with E-state index in [0.717, 1.165) is 0 Å². The lowest BCUT2D eigenvalue weighted by Crippen LogP contribution is -2.04. The summed E-state index contributed by atoms with van der Waals surface area (Å²) in [6.07, 6.45) is -0.858. The Bertz CT molecular complexity index is 604. The number of hydrogen-bond donors (Lipinski definition) is 1. The Balaban J connectivity index is 2.28. The molecule has 1 N–H and O–H groups in total. The molecule has 0 heterocycles. The second kappa shape index (κ2) is 5.99. The minimum atomic E-state index is -0.968. The minimum Gasteiger partial charge on any atom is -0.388 e. The number of aliphatic hydroxyl groups excluding tert-OH is 1. The molecule has 0 aliphatic carbocycles. The second-order valence-corrected chi connectivity index (χ2v) is 5.25. The maximum absolute atomic E-state index is 13.4. The van der Waals surface area contributed by atoms with Crippen molar-refractivity contribution in [3.63, 3.8) is 0 Å². The van der Waals surface area contributed by atoms with E-state index in [1.165, 1.54) is 24.3 Å². The predicted molar refractivity (Wildman–Crippen MR) is 74.2 cm³/mol. The summed E-state index contributed by atoms with van der Waals surface area (Å²) in [5.41, 5.74) is 0.880. The van der Waals surface area contributed by atoms with Crippen molar-refractivity contribution in [3.05, 3.63) is 68.7 Å². The van der Waals surface area contributed by atoms with Gasteiger partial charge in [-0.1, -0.05) is 35.9 Å². The fraction of sp³-hybridized carbons (Fsp3) is 0.143. The molecule has 1 atom stereocenters. The standard InChI is InChI=1S/C14H10BrClF2O/c15-13-9(4-2-5-10(13)17)12(19)7-8-3-1-6-11(18)14(8)16/h1-6,12,19H,7H2. The summed E-state index contributed by atoms with van der Waals surface area (Å²) in [4.78, 5) is 0. The molecular formula is C14H10BrClF2O. The minimum absolute atomic E-state index is 0.0194. The topological polar surface area (TPSA) is 20.2 Å². The van der Waals surface area contributed by atoms with E-state index in [9.17, 15) is 13.9 Å². The lowest BCUT2D eigenvalue weighted by Gasteiger charge is -2.14. The highest BCUT2D eigenvalue weighted by Gasteiger charge is 2.16. The van der Waals surface area contributed by atoms with E-state index in [-0.39, 0.29) is 15.9 Å². The highest BCUT2D eigenvalue weighted by Crippen LogP contribution is 2.30. The third kappa shape index (κ3) is 3.14. The molecule has 0 bridgehead atoms. The first kappa shape index (κ1) is 14.4. The SMILES string of the molecule is OC(Cc1cccc(F)c1Cl)c1cccc(F)c1Br. The molecule has 2 aromatic rings. The molecule has 5 heteroatoms. The molecule has 1 unspecified atom stereocenters. The Kier molecular flexibility index (Phi) is 4.55. The molecule has 19 heavy (non-hydrogen) atoms. The first-order chi connectivity index (χ1) is 9.00. The van der Waals surface area contributed by atoms with Gasteiger partial charge in [-0.3, -0.25) is 0 Å². The largest absolute Gasteiger partial charge is 0.388 e. The molecule has 2 rings (SSSR count). The fourth-order valence-corrected chi connectivity index (χ4v) is 2.53. The van der Waals surface area contributed by atoms with Crippen LogP contribution in [0.5, 0.6) is 0 Å². The molecule has 2 aromatic carbocycles. The van der Waals surface area contributed by atoms with Crippen LogP contribution in [0, 0.1) is 11.6 Å². The van der Waals surface area contributed by atoms with Gasteiger partial charge in [0, 0.05) is 6.42 Å². The van der Waals surface area contributed by atoms with Crippen molar-refractivity contribution in [2.75, 3.05) is 0 Å². The smallest absolute Gasteiger partial charge is 0.142 e. The molecule has 0 aliphatic heterocycles.